The third kappa shape index (κ3) is 2.36. The maximum Gasteiger partial charge on any atom is 0.152 e. The summed E-state index contributed by atoms with van der Waals surface area (Å²) in [5, 5.41) is 10.4. The second kappa shape index (κ2) is 5.63. The van der Waals surface area contributed by atoms with E-state index in [0.29, 0.717) is 37.4 Å². The fourth-order valence-electron chi connectivity index (χ4n) is 4.11. The number of anilines is 1. The third-order valence-corrected chi connectivity index (χ3v) is 5.47. The number of aromatic nitrogens is 1. The average molecular weight is 334 g/mol. The molecule has 3 heterocycles. The van der Waals surface area contributed by atoms with Crippen LogP contribution in [0.2, 0.25) is 0 Å². The number of hydrogen-bond acceptors (Lipinski definition) is 4. The van der Waals surface area contributed by atoms with Gasteiger partial charge in [-0.1, -0.05) is 0 Å². The van der Waals surface area contributed by atoms with E-state index < -0.39 is 11.6 Å². The summed E-state index contributed by atoms with van der Waals surface area (Å²) in [6.45, 7) is 4.53. The molecule has 0 unspecified atom stereocenters. The largest absolute Gasteiger partial charge is 0.396 e. The topological polar surface area (TPSA) is 45.6 Å². The van der Waals surface area contributed by atoms with Crippen LogP contribution in [-0.2, 0) is 4.74 Å². The van der Waals surface area contributed by atoms with E-state index in [1.165, 1.54) is 6.07 Å². The molecule has 2 aliphatic rings. The molecule has 2 saturated heterocycles. The monoisotopic (exact) mass is 334 g/mol. The van der Waals surface area contributed by atoms with E-state index in [0.717, 1.165) is 18.2 Å². The van der Waals surface area contributed by atoms with Gasteiger partial charge in [0.2, 0.25) is 0 Å². The van der Waals surface area contributed by atoms with Crippen molar-refractivity contribution >= 4 is 16.6 Å². The summed E-state index contributed by atoms with van der Waals surface area (Å²) in [5.74, 6) is -1.03. The van der Waals surface area contributed by atoms with Crippen LogP contribution in [0.25, 0.3) is 10.9 Å². The number of fused-ring (bicyclic) bond motifs is 2. The van der Waals surface area contributed by atoms with Gasteiger partial charge in [0.15, 0.2) is 5.82 Å². The Kier molecular flexibility index (Phi) is 3.69. The van der Waals surface area contributed by atoms with Gasteiger partial charge in [-0.15, -0.1) is 0 Å². The van der Waals surface area contributed by atoms with Crippen molar-refractivity contribution in [3.8, 4) is 0 Å². The van der Waals surface area contributed by atoms with Crippen LogP contribution in [-0.4, -0.2) is 43.0 Å². The van der Waals surface area contributed by atoms with Gasteiger partial charge in [0, 0.05) is 53.9 Å². The highest BCUT2D eigenvalue weighted by molar-refractivity contribution is 5.92. The Morgan fingerprint density at radius 1 is 1.38 bits per heavy atom. The van der Waals surface area contributed by atoms with Crippen LogP contribution in [0.4, 0.5) is 14.5 Å². The Hall–Kier alpha value is -1.79. The van der Waals surface area contributed by atoms with Crippen LogP contribution < -0.4 is 4.90 Å². The molecule has 0 spiro atoms. The van der Waals surface area contributed by atoms with E-state index in [1.807, 2.05) is 6.07 Å². The molecule has 2 aliphatic heterocycles. The number of aliphatic hydroxyl groups excluding tert-OH is 1. The quantitative estimate of drug-likeness (QED) is 0.917. The summed E-state index contributed by atoms with van der Waals surface area (Å²) in [4.78, 5) is 6.35. The van der Waals surface area contributed by atoms with Gasteiger partial charge in [-0.3, -0.25) is 0 Å². The minimum Gasteiger partial charge on any atom is -0.396 e. The molecular weight excluding hydrogens is 314 g/mol. The van der Waals surface area contributed by atoms with Crippen molar-refractivity contribution in [2.24, 2.45) is 11.3 Å². The predicted octanol–water partition coefficient (Wildman–Crippen LogP) is 2.66. The summed E-state index contributed by atoms with van der Waals surface area (Å²) in [7, 11) is 0. The summed E-state index contributed by atoms with van der Waals surface area (Å²) in [6, 6.07) is 4.07. The number of pyridine rings is 1. The van der Waals surface area contributed by atoms with Crippen molar-refractivity contribution in [1.29, 1.82) is 0 Å². The zero-order valence-electron chi connectivity index (χ0n) is 13.6. The average Bonchev–Trinajstić information content (AvgIpc) is 2.95. The van der Waals surface area contributed by atoms with Gasteiger partial charge < -0.3 is 14.7 Å². The molecule has 0 amide bonds. The number of benzene rings is 1. The van der Waals surface area contributed by atoms with E-state index >= 15 is 0 Å². The fourth-order valence-corrected chi connectivity index (χ4v) is 4.11. The van der Waals surface area contributed by atoms with Crippen LogP contribution >= 0.6 is 0 Å². The molecule has 2 aromatic rings. The van der Waals surface area contributed by atoms with E-state index in [-0.39, 0.29) is 23.5 Å². The zero-order valence-corrected chi connectivity index (χ0v) is 13.6. The van der Waals surface area contributed by atoms with E-state index in [4.69, 9.17) is 4.74 Å². The van der Waals surface area contributed by atoms with Gasteiger partial charge in [0.05, 0.1) is 13.2 Å². The number of hydrogen-bond donors (Lipinski definition) is 1. The Labute approximate surface area is 139 Å². The van der Waals surface area contributed by atoms with Crippen molar-refractivity contribution < 1.29 is 18.6 Å². The highest BCUT2D eigenvalue weighted by atomic mass is 19.1. The number of aliphatic hydroxyl groups is 1. The summed E-state index contributed by atoms with van der Waals surface area (Å²) in [5.41, 5.74) is 1.45. The highest BCUT2D eigenvalue weighted by Gasteiger charge is 2.48. The molecule has 128 valence electrons. The van der Waals surface area contributed by atoms with Crippen molar-refractivity contribution in [1.82, 2.24) is 4.98 Å². The maximum absolute atomic E-state index is 14.2. The first-order valence-corrected chi connectivity index (χ1v) is 8.22. The zero-order chi connectivity index (χ0) is 16.9. The van der Waals surface area contributed by atoms with Gasteiger partial charge in [-0.2, -0.15) is 0 Å². The first kappa shape index (κ1) is 15.7. The molecule has 1 N–H and O–H groups in total. The second-order valence-corrected chi connectivity index (χ2v) is 6.99. The lowest BCUT2D eigenvalue weighted by atomic mass is 9.75. The minimum atomic E-state index is -0.647. The normalized spacial score (nSPS) is 26.8. The summed E-state index contributed by atoms with van der Waals surface area (Å²) >= 11 is 0. The fraction of sp³-hybridized carbons (Fsp3) is 0.500. The lowest BCUT2D eigenvalue weighted by Crippen LogP contribution is -2.41. The van der Waals surface area contributed by atoms with E-state index in [9.17, 15) is 13.9 Å². The Morgan fingerprint density at radius 3 is 2.96 bits per heavy atom. The molecule has 24 heavy (non-hydrogen) atoms. The third-order valence-electron chi connectivity index (χ3n) is 5.47. The molecule has 0 aliphatic carbocycles. The number of aryl methyl sites for hydroxylation is 1. The number of halogens is 2. The minimum absolute atomic E-state index is 0.0995. The summed E-state index contributed by atoms with van der Waals surface area (Å²) in [6.07, 6.45) is 0.801. The first-order valence-electron chi connectivity index (χ1n) is 8.22. The molecule has 2 atom stereocenters. The Morgan fingerprint density at radius 2 is 2.21 bits per heavy atom. The summed E-state index contributed by atoms with van der Waals surface area (Å²) < 4.78 is 33.5. The van der Waals surface area contributed by atoms with Crippen LogP contribution in [0.3, 0.4) is 0 Å². The molecule has 2 fully saturated rings. The van der Waals surface area contributed by atoms with Crippen molar-refractivity contribution in [3.63, 3.8) is 0 Å². The number of rotatable bonds is 2. The van der Waals surface area contributed by atoms with E-state index in [1.54, 1.807) is 6.92 Å². The number of nitrogens with zero attached hydrogens (tertiary/aromatic N) is 2. The van der Waals surface area contributed by atoms with E-state index in [2.05, 4.69) is 9.88 Å². The van der Waals surface area contributed by atoms with Crippen LogP contribution in [0.15, 0.2) is 18.2 Å². The smallest absolute Gasteiger partial charge is 0.152 e. The van der Waals surface area contributed by atoms with Crippen molar-refractivity contribution in [3.05, 3.63) is 35.5 Å². The Bertz CT molecular complexity index is 798. The lowest BCUT2D eigenvalue weighted by molar-refractivity contribution is -0.0410. The molecule has 4 nitrogen and oxygen atoms in total. The molecular formula is C18H20F2N2O2. The number of ether oxygens (including phenoxy) is 1. The Balaban J connectivity index is 1.82. The molecule has 0 saturated carbocycles. The molecule has 4 rings (SSSR count). The molecule has 0 radical (unpaired) electrons. The first-order chi connectivity index (χ1) is 11.5. The molecule has 0 bridgehead atoms. The van der Waals surface area contributed by atoms with Crippen LogP contribution in [0.1, 0.15) is 12.1 Å². The molecule has 1 aromatic heterocycles. The second-order valence-electron chi connectivity index (χ2n) is 6.99. The highest BCUT2D eigenvalue weighted by Crippen LogP contribution is 2.44. The van der Waals surface area contributed by atoms with Crippen molar-refractivity contribution in [2.45, 2.75) is 13.3 Å². The van der Waals surface area contributed by atoms with Gasteiger partial charge in [0.25, 0.3) is 0 Å². The van der Waals surface area contributed by atoms with Crippen LogP contribution in [0, 0.1) is 29.9 Å². The lowest BCUT2D eigenvalue weighted by Gasteiger charge is -2.36. The standard InChI is InChI=1S/C18H20F2N2O2/c1-11-4-16(14-5-13(19)6-15(20)17(14)21-11)22-7-12-8-24-3-2-18(12,9-22)10-23/h4-6,12,23H,2-3,7-10H2,1H3/t12-,18-/m1/s1. The van der Waals surface area contributed by atoms with Gasteiger partial charge in [-0.05, 0) is 25.5 Å². The molecule has 1 aromatic carbocycles. The SMILES string of the molecule is Cc1cc(N2C[C@@H]3COCC[C@]3(CO)C2)c2cc(F)cc(F)c2n1. The molecule has 6 heteroatoms. The van der Waals surface area contributed by atoms with Gasteiger partial charge in [-0.25, -0.2) is 13.8 Å². The van der Waals surface area contributed by atoms with Crippen LogP contribution in [0.5, 0.6) is 0 Å². The van der Waals surface area contributed by atoms with Gasteiger partial charge in [0.1, 0.15) is 11.3 Å². The van der Waals surface area contributed by atoms with Gasteiger partial charge >= 0.3 is 0 Å². The maximum atomic E-state index is 14.2. The van der Waals surface area contributed by atoms with Crippen molar-refractivity contribution in [2.75, 3.05) is 37.8 Å². The predicted molar refractivity (Wildman–Crippen MR) is 87.1 cm³/mol.